The Morgan fingerprint density at radius 3 is 2.72 bits per heavy atom. The lowest BCUT2D eigenvalue weighted by atomic mass is 10.2. The van der Waals surface area contributed by atoms with E-state index in [9.17, 15) is 0 Å². The molecule has 0 unspecified atom stereocenters. The smallest absolute Gasteiger partial charge is 0.193 e. The number of ether oxygens (including phenoxy) is 2. The first-order chi connectivity index (χ1) is 8.72. The van der Waals surface area contributed by atoms with Crippen molar-refractivity contribution in [1.82, 2.24) is 20.2 Å². The molecule has 0 bridgehead atoms. The van der Waals surface area contributed by atoms with Crippen molar-refractivity contribution in [3.63, 3.8) is 0 Å². The van der Waals surface area contributed by atoms with Crippen molar-refractivity contribution in [3.05, 3.63) is 24.0 Å². The monoisotopic (exact) mass is 249 g/mol. The fourth-order valence-corrected chi connectivity index (χ4v) is 1.52. The van der Waals surface area contributed by atoms with E-state index >= 15 is 0 Å². The summed E-state index contributed by atoms with van der Waals surface area (Å²) in [6, 6.07) is 5.53. The molecule has 0 aliphatic carbocycles. The van der Waals surface area contributed by atoms with Crippen LogP contribution in [0.3, 0.4) is 0 Å². The van der Waals surface area contributed by atoms with E-state index in [0.717, 1.165) is 17.2 Å². The van der Waals surface area contributed by atoms with Gasteiger partial charge in [-0.2, -0.15) is 4.80 Å². The van der Waals surface area contributed by atoms with Gasteiger partial charge in [-0.25, -0.2) is 0 Å². The summed E-state index contributed by atoms with van der Waals surface area (Å²) >= 11 is 0. The van der Waals surface area contributed by atoms with Gasteiger partial charge in [-0.05, 0) is 17.3 Å². The molecule has 18 heavy (non-hydrogen) atoms. The van der Waals surface area contributed by atoms with Gasteiger partial charge in [-0.3, -0.25) is 0 Å². The van der Waals surface area contributed by atoms with Gasteiger partial charge >= 0.3 is 0 Å². The van der Waals surface area contributed by atoms with Gasteiger partial charge in [0.25, 0.3) is 0 Å². The molecule has 0 fully saturated rings. The molecule has 1 aromatic carbocycles. The maximum absolute atomic E-state index is 5.26. The molecule has 7 heteroatoms. The average Bonchev–Trinajstić information content (AvgIpc) is 2.81. The minimum atomic E-state index is 0.470. The molecule has 0 saturated carbocycles. The van der Waals surface area contributed by atoms with Crippen LogP contribution in [-0.4, -0.2) is 34.4 Å². The third-order valence-corrected chi connectivity index (χ3v) is 2.39. The molecule has 1 N–H and O–H groups in total. The second kappa shape index (κ2) is 5.35. The quantitative estimate of drug-likeness (QED) is 0.846. The molecule has 2 rings (SSSR count). The maximum Gasteiger partial charge on any atom is 0.193 e. The maximum atomic E-state index is 5.26. The summed E-state index contributed by atoms with van der Waals surface area (Å²) in [5.74, 6) is 2.10. The van der Waals surface area contributed by atoms with Crippen molar-refractivity contribution < 1.29 is 9.47 Å². The van der Waals surface area contributed by atoms with Gasteiger partial charge in [0, 0.05) is 6.07 Å². The highest BCUT2D eigenvalue weighted by Gasteiger charge is 2.06. The zero-order valence-electron chi connectivity index (χ0n) is 10.5. The van der Waals surface area contributed by atoms with Gasteiger partial charge in [-0.15, -0.1) is 10.2 Å². The van der Waals surface area contributed by atoms with Crippen LogP contribution in [0.25, 0.3) is 0 Å². The molecule has 0 aliphatic rings. The highest BCUT2D eigenvalue weighted by molar-refractivity contribution is 5.59. The lowest BCUT2D eigenvalue weighted by molar-refractivity contribution is 0.404. The van der Waals surface area contributed by atoms with Gasteiger partial charge in [-0.1, -0.05) is 0 Å². The first kappa shape index (κ1) is 12.2. The second-order valence-corrected chi connectivity index (χ2v) is 3.61. The predicted octanol–water partition coefficient (Wildman–Crippen LogP) is 0.839. The zero-order chi connectivity index (χ0) is 13.0. The van der Waals surface area contributed by atoms with Gasteiger partial charge in [0.15, 0.2) is 5.82 Å². The van der Waals surface area contributed by atoms with Gasteiger partial charge in [0.1, 0.15) is 11.5 Å². The molecular weight excluding hydrogens is 234 g/mol. The van der Waals surface area contributed by atoms with E-state index in [2.05, 4.69) is 20.7 Å². The summed E-state index contributed by atoms with van der Waals surface area (Å²) < 4.78 is 10.4. The Bertz CT molecular complexity index is 526. The van der Waals surface area contributed by atoms with Crippen LogP contribution in [-0.2, 0) is 13.6 Å². The zero-order valence-corrected chi connectivity index (χ0v) is 10.5. The molecule has 1 aromatic heterocycles. The van der Waals surface area contributed by atoms with Crippen LogP contribution >= 0.6 is 0 Å². The van der Waals surface area contributed by atoms with Crippen molar-refractivity contribution in [2.24, 2.45) is 7.05 Å². The molecule has 7 nitrogen and oxygen atoms in total. The summed E-state index contributed by atoms with van der Waals surface area (Å²) in [6.45, 7) is 0.470. The van der Waals surface area contributed by atoms with E-state index in [4.69, 9.17) is 9.47 Å². The number of benzene rings is 1. The molecule has 2 aromatic rings. The van der Waals surface area contributed by atoms with Gasteiger partial charge < -0.3 is 14.8 Å². The molecule has 1 heterocycles. The number of nitrogens with zero attached hydrogens (tertiary/aromatic N) is 4. The Labute approximate surface area is 105 Å². The third-order valence-electron chi connectivity index (χ3n) is 2.39. The first-order valence-electron chi connectivity index (χ1n) is 5.41. The Hall–Kier alpha value is -2.31. The number of aromatic nitrogens is 4. The number of anilines is 1. The van der Waals surface area contributed by atoms with E-state index in [0.29, 0.717) is 12.4 Å². The number of aryl methyl sites for hydroxylation is 1. The van der Waals surface area contributed by atoms with Crippen LogP contribution in [0.4, 0.5) is 5.69 Å². The van der Waals surface area contributed by atoms with Crippen LogP contribution in [0.2, 0.25) is 0 Å². The van der Waals surface area contributed by atoms with Crippen molar-refractivity contribution in [2.45, 2.75) is 6.54 Å². The average molecular weight is 249 g/mol. The SMILES string of the molecule is COc1ccc(OC)c(NCc2nnn(C)n2)c1. The summed E-state index contributed by atoms with van der Waals surface area (Å²) in [7, 11) is 4.96. The molecule has 0 amide bonds. The lowest BCUT2D eigenvalue weighted by Gasteiger charge is -2.11. The van der Waals surface area contributed by atoms with E-state index in [1.54, 1.807) is 21.3 Å². The molecule has 0 radical (unpaired) electrons. The Morgan fingerprint density at radius 1 is 1.28 bits per heavy atom. The normalized spacial score (nSPS) is 10.2. The lowest BCUT2D eigenvalue weighted by Crippen LogP contribution is -2.04. The Morgan fingerprint density at radius 2 is 2.11 bits per heavy atom. The van der Waals surface area contributed by atoms with E-state index in [-0.39, 0.29) is 0 Å². The van der Waals surface area contributed by atoms with Crippen molar-refractivity contribution in [3.8, 4) is 11.5 Å². The van der Waals surface area contributed by atoms with Crippen molar-refractivity contribution in [1.29, 1.82) is 0 Å². The van der Waals surface area contributed by atoms with E-state index < -0.39 is 0 Å². The number of hydrogen-bond donors (Lipinski definition) is 1. The number of rotatable bonds is 5. The van der Waals surface area contributed by atoms with Crippen molar-refractivity contribution in [2.75, 3.05) is 19.5 Å². The van der Waals surface area contributed by atoms with Crippen LogP contribution in [0.15, 0.2) is 18.2 Å². The number of nitrogens with one attached hydrogen (secondary N) is 1. The minimum Gasteiger partial charge on any atom is -0.497 e. The molecule has 0 atom stereocenters. The largest absolute Gasteiger partial charge is 0.497 e. The third kappa shape index (κ3) is 2.68. The van der Waals surface area contributed by atoms with Crippen molar-refractivity contribution >= 4 is 5.69 Å². The van der Waals surface area contributed by atoms with Gasteiger partial charge in [0.05, 0.1) is 33.5 Å². The minimum absolute atomic E-state index is 0.470. The van der Waals surface area contributed by atoms with Crippen LogP contribution in [0.5, 0.6) is 11.5 Å². The highest BCUT2D eigenvalue weighted by atomic mass is 16.5. The summed E-state index contributed by atoms with van der Waals surface area (Å²) in [5, 5.41) is 14.9. The standard InChI is InChI=1S/C11H15N5O2/c1-16-14-11(13-15-16)7-12-9-6-8(17-2)4-5-10(9)18-3/h4-6,12H,7H2,1-3H3. The fraction of sp³-hybridized carbons (Fsp3) is 0.364. The first-order valence-corrected chi connectivity index (χ1v) is 5.41. The summed E-state index contributed by atoms with van der Waals surface area (Å²) in [4.78, 5) is 1.42. The summed E-state index contributed by atoms with van der Waals surface area (Å²) in [5.41, 5.74) is 0.823. The Kier molecular flexibility index (Phi) is 3.61. The highest BCUT2D eigenvalue weighted by Crippen LogP contribution is 2.28. The second-order valence-electron chi connectivity index (χ2n) is 3.61. The molecule has 96 valence electrons. The van der Waals surface area contributed by atoms with Gasteiger partial charge in [0.2, 0.25) is 0 Å². The van der Waals surface area contributed by atoms with E-state index in [1.807, 2.05) is 18.2 Å². The molecule has 0 saturated heterocycles. The fourth-order valence-electron chi connectivity index (χ4n) is 1.52. The molecule has 0 aliphatic heterocycles. The number of methoxy groups -OCH3 is 2. The topological polar surface area (TPSA) is 74.1 Å². The van der Waals surface area contributed by atoms with Crippen LogP contribution < -0.4 is 14.8 Å². The summed E-state index contributed by atoms with van der Waals surface area (Å²) in [6.07, 6.45) is 0. The molecular formula is C11H15N5O2. The Balaban J connectivity index is 2.11. The van der Waals surface area contributed by atoms with Crippen LogP contribution in [0, 0.1) is 0 Å². The number of tetrazole rings is 1. The predicted molar refractivity (Wildman–Crippen MR) is 65.7 cm³/mol. The molecule has 0 spiro atoms. The van der Waals surface area contributed by atoms with E-state index in [1.165, 1.54) is 4.80 Å². The van der Waals surface area contributed by atoms with Crippen LogP contribution in [0.1, 0.15) is 5.82 Å². The number of hydrogen-bond acceptors (Lipinski definition) is 6.